The van der Waals surface area contributed by atoms with Crippen LogP contribution in [0.15, 0.2) is 18.2 Å². The number of methoxy groups -OCH3 is 1. The van der Waals surface area contributed by atoms with E-state index in [1.54, 1.807) is 12.1 Å². The van der Waals surface area contributed by atoms with Crippen molar-refractivity contribution in [2.45, 2.75) is 25.0 Å². The Morgan fingerprint density at radius 3 is 2.88 bits per heavy atom. The highest BCUT2D eigenvalue weighted by Gasteiger charge is 2.41. The Balaban J connectivity index is 2.01. The number of ether oxygens (including phenoxy) is 1. The van der Waals surface area contributed by atoms with Gasteiger partial charge < -0.3 is 25.0 Å². The molecule has 0 spiro atoms. The smallest absolute Gasteiger partial charge is 0.256 e. The highest BCUT2D eigenvalue weighted by molar-refractivity contribution is 5.86. The van der Waals surface area contributed by atoms with Gasteiger partial charge in [-0.1, -0.05) is 0 Å². The molecule has 1 aliphatic rings. The summed E-state index contributed by atoms with van der Waals surface area (Å²) in [4.78, 5) is 16.3. The molecule has 25 heavy (non-hydrogen) atoms. The number of amides is 1. The number of hydrogen-bond donors (Lipinski definition) is 2. The zero-order valence-electron chi connectivity index (χ0n) is 15.2. The molecular formula is C18H28FN3O3. The first-order valence-electron chi connectivity index (χ1n) is 8.55. The number of nitrogens with one attached hydrogen (secondary N) is 1. The number of benzene rings is 1. The number of likely N-dealkylation sites (tertiary alicyclic amines) is 1. The minimum Gasteiger partial charge on any atom is -0.497 e. The lowest BCUT2D eigenvalue weighted by Gasteiger charge is -2.38. The summed E-state index contributed by atoms with van der Waals surface area (Å²) in [6, 6.07) is 4.46. The number of carbonyl (C=O) groups excluding carboxylic acids is 1. The first-order chi connectivity index (χ1) is 11.9. The van der Waals surface area contributed by atoms with Gasteiger partial charge in [0.2, 0.25) is 0 Å². The molecule has 0 radical (unpaired) electrons. The molecule has 1 saturated heterocycles. The van der Waals surface area contributed by atoms with Gasteiger partial charge in [-0.25, -0.2) is 4.39 Å². The number of piperidine rings is 1. The summed E-state index contributed by atoms with van der Waals surface area (Å²) in [6.07, 6.45) is 1.10. The summed E-state index contributed by atoms with van der Waals surface area (Å²) in [7, 11) is 5.44. The lowest BCUT2D eigenvalue weighted by molar-refractivity contribution is -0.157. The van der Waals surface area contributed by atoms with E-state index in [2.05, 4.69) is 5.32 Å². The van der Waals surface area contributed by atoms with Gasteiger partial charge in [0.1, 0.15) is 11.6 Å². The highest BCUT2D eigenvalue weighted by atomic mass is 19.1. The predicted molar refractivity (Wildman–Crippen MR) is 94.0 cm³/mol. The van der Waals surface area contributed by atoms with E-state index in [0.29, 0.717) is 37.2 Å². The van der Waals surface area contributed by atoms with Gasteiger partial charge in [0.25, 0.3) is 5.91 Å². The summed E-state index contributed by atoms with van der Waals surface area (Å²) in [6.45, 7) is 2.35. The molecule has 7 heteroatoms. The zero-order valence-corrected chi connectivity index (χ0v) is 15.2. The minimum absolute atomic E-state index is 0.127. The Kier molecular flexibility index (Phi) is 6.75. The quantitative estimate of drug-likeness (QED) is 0.678. The molecule has 1 heterocycles. The zero-order chi connectivity index (χ0) is 18.4. The van der Waals surface area contributed by atoms with Crippen molar-refractivity contribution in [1.82, 2.24) is 15.1 Å². The van der Waals surface area contributed by atoms with Gasteiger partial charge in [0.05, 0.1) is 7.11 Å². The van der Waals surface area contributed by atoms with E-state index >= 15 is 0 Å². The summed E-state index contributed by atoms with van der Waals surface area (Å²) in [5, 5.41) is 13.9. The topological polar surface area (TPSA) is 65.0 Å². The van der Waals surface area contributed by atoms with Gasteiger partial charge in [0.15, 0.2) is 5.60 Å². The minimum atomic E-state index is -1.43. The van der Waals surface area contributed by atoms with Crippen LogP contribution in [0.3, 0.4) is 0 Å². The van der Waals surface area contributed by atoms with Crippen molar-refractivity contribution in [1.29, 1.82) is 0 Å². The van der Waals surface area contributed by atoms with Crippen LogP contribution in [0, 0.1) is 5.82 Å². The summed E-state index contributed by atoms with van der Waals surface area (Å²) < 4.78 is 19.1. The fraction of sp³-hybridized carbons (Fsp3) is 0.611. The summed E-state index contributed by atoms with van der Waals surface area (Å²) in [5.41, 5.74) is -1.04. The standard InChI is InChI=1S/C18H28FN3O3/c1-21(2)10-8-20-13-18(24)7-4-9-22(17(18)23)12-14-11-15(25-3)5-6-16(14)19/h5-6,11,20,24H,4,7-10,12-13H2,1-3H3/t18-/m0/s1. The number of halogens is 1. The lowest BCUT2D eigenvalue weighted by Crippen LogP contribution is -2.58. The average molecular weight is 353 g/mol. The average Bonchev–Trinajstić information content (AvgIpc) is 2.58. The molecule has 1 aromatic rings. The molecule has 1 atom stereocenters. The molecule has 2 rings (SSSR count). The van der Waals surface area contributed by atoms with E-state index < -0.39 is 5.60 Å². The normalized spacial score (nSPS) is 21.0. The van der Waals surface area contributed by atoms with E-state index in [-0.39, 0.29) is 24.8 Å². The van der Waals surface area contributed by atoms with Gasteiger partial charge in [-0.2, -0.15) is 0 Å². The maximum Gasteiger partial charge on any atom is 0.256 e. The molecule has 140 valence electrons. The largest absolute Gasteiger partial charge is 0.497 e. The predicted octanol–water partition coefficient (Wildman–Crippen LogP) is 0.839. The molecular weight excluding hydrogens is 325 g/mol. The number of rotatable bonds is 8. The molecule has 2 N–H and O–H groups in total. The van der Waals surface area contributed by atoms with Gasteiger partial charge in [-0.15, -0.1) is 0 Å². The molecule has 1 aliphatic heterocycles. The van der Waals surface area contributed by atoms with Crippen LogP contribution in [0.25, 0.3) is 0 Å². The molecule has 1 amide bonds. The van der Waals surface area contributed by atoms with Gasteiger partial charge in [-0.3, -0.25) is 4.79 Å². The third-order valence-corrected chi connectivity index (χ3v) is 4.47. The molecule has 0 aliphatic carbocycles. The Morgan fingerprint density at radius 2 is 2.20 bits per heavy atom. The monoisotopic (exact) mass is 353 g/mol. The molecule has 0 aromatic heterocycles. The van der Waals surface area contributed by atoms with Crippen molar-refractivity contribution in [2.24, 2.45) is 0 Å². The van der Waals surface area contributed by atoms with Crippen molar-refractivity contribution in [2.75, 3.05) is 47.4 Å². The summed E-state index contributed by atoms with van der Waals surface area (Å²) in [5.74, 6) is -0.188. The van der Waals surface area contributed by atoms with E-state index in [0.717, 1.165) is 6.54 Å². The van der Waals surface area contributed by atoms with Gasteiger partial charge >= 0.3 is 0 Å². The van der Waals surface area contributed by atoms with Gasteiger partial charge in [-0.05, 0) is 45.1 Å². The van der Waals surface area contributed by atoms with Crippen LogP contribution in [-0.2, 0) is 11.3 Å². The van der Waals surface area contributed by atoms with Crippen molar-refractivity contribution >= 4 is 5.91 Å². The van der Waals surface area contributed by atoms with Crippen LogP contribution in [-0.4, -0.2) is 73.8 Å². The third kappa shape index (κ3) is 5.14. The molecule has 1 aromatic carbocycles. The molecule has 6 nitrogen and oxygen atoms in total. The molecule has 0 bridgehead atoms. The number of hydrogen-bond acceptors (Lipinski definition) is 5. The van der Waals surface area contributed by atoms with Crippen LogP contribution in [0.2, 0.25) is 0 Å². The highest BCUT2D eigenvalue weighted by Crippen LogP contribution is 2.25. The van der Waals surface area contributed by atoms with E-state index in [1.165, 1.54) is 18.1 Å². The fourth-order valence-electron chi connectivity index (χ4n) is 2.98. The van der Waals surface area contributed by atoms with Gasteiger partial charge in [0, 0.05) is 38.3 Å². The fourth-order valence-corrected chi connectivity index (χ4v) is 2.98. The van der Waals surface area contributed by atoms with Crippen LogP contribution in [0.1, 0.15) is 18.4 Å². The Morgan fingerprint density at radius 1 is 1.44 bits per heavy atom. The van der Waals surface area contributed by atoms with Crippen molar-refractivity contribution < 1.29 is 19.0 Å². The number of likely N-dealkylation sites (N-methyl/N-ethyl adjacent to an activating group) is 1. The maximum absolute atomic E-state index is 14.0. The third-order valence-electron chi connectivity index (χ3n) is 4.47. The Bertz CT molecular complexity index is 597. The number of carbonyl (C=O) groups is 1. The Labute approximate surface area is 148 Å². The summed E-state index contributed by atoms with van der Waals surface area (Å²) >= 11 is 0. The van der Waals surface area contributed by atoms with Crippen molar-refractivity contribution in [3.8, 4) is 5.75 Å². The second-order valence-electron chi connectivity index (χ2n) is 6.80. The van der Waals surface area contributed by atoms with Crippen LogP contribution < -0.4 is 10.1 Å². The number of aliphatic hydroxyl groups is 1. The molecule has 0 unspecified atom stereocenters. The second-order valence-corrected chi connectivity index (χ2v) is 6.80. The maximum atomic E-state index is 14.0. The van der Waals surface area contributed by atoms with E-state index in [9.17, 15) is 14.3 Å². The Hall–Kier alpha value is -1.70. The lowest BCUT2D eigenvalue weighted by atomic mass is 9.91. The van der Waals surface area contributed by atoms with E-state index in [4.69, 9.17) is 4.74 Å². The molecule has 0 saturated carbocycles. The van der Waals surface area contributed by atoms with Crippen molar-refractivity contribution in [3.63, 3.8) is 0 Å². The number of nitrogens with zero attached hydrogens (tertiary/aromatic N) is 2. The van der Waals surface area contributed by atoms with E-state index in [1.807, 2.05) is 19.0 Å². The van der Waals surface area contributed by atoms with Crippen molar-refractivity contribution in [3.05, 3.63) is 29.6 Å². The van der Waals surface area contributed by atoms with Crippen LogP contribution >= 0.6 is 0 Å². The van der Waals surface area contributed by atoms with Crippen LogP contribution in [0.4, 0.5) is 4.39 Å². The first-order valence-corrected chi connectivity index (χ1v) is 8.55. The second kappa shape index (κ2) is 8.60. The van der Waals surface area contributed by atoms with Crippen LogP contribution in [0.5, 0.6) is 5.75 Å². The first kappa shape index (κ1) is 19.6. The molecule has 1 fully saturated rings. The SMILES string of the molecule is COc1ccc(F)c(CN2CCC[C@](O)(CNCCN(C)C)C2=O)c1.